The van der Waals surface area contributed by atoms with Crippen LogP contribution in [-0.2, 0) is 28.8 Å². The third-order valence-corrected chi connectivity index (χ3v) is 4.82. The number of ether oxygens (including phenoxy) is 1. The number of benzene rings is 2. The van der Waals surface area contributed by atoms with Gasteiger partial charge in [0.25, 0.3) is 5.91 Å². The third-order valence-electron chi connectivity index (χ3n) is 4.57. The molecule has 0 bridgehead atoms. The number of hydrogen-bond acceptors (Lipinski definition) is 9. The zero-order valence-electron chi connectivity index (χ0n) is 20.1. The molecule has 1 amide bonds. The van der Waals surface area contributed by atoms with E-state index in [1.807, 2.05) is 0 Å². The second kappa shape index (κ2) is 13.7. The standard InChI is InChI=1S/C24H27ClN4O6/c1-16(35-26-14-22(27-32-4)18-10-12-19(25)13-11-18)20-8-6-7-9-21(20)23(28-33-5)24(31)29(3)15-34-17(2)30/h6-14,16H,15H2,1-5H3. The summed E-state index contributed by atoms with van der Waals surface area (Å²) in [6.07, 6.45) is 0.832. The highest BCUT2D eigenvalue weighted by Crippen LogP contribution is 2.23. The van der Waals surface area contributed by atoms with Crippen LogP contribution >= 0.6 is 11.6 Å². The van der Waals surface area contributed by atoms with Crippen LogP contribution in [0.3, 0.4) is 0 Å². The summed E-state index contributed by atoms with van der Waals surface area (Å²) < 4.78 is 4.90. The molecule has 0 aliphatic heterocycles. The fourth-order valence-corrected chi connectivity index (χ4v) is 3.01. The maximum Gasteiger partial charge on any atom is 0.304 e. The number of carbonyl (C=O) groups is 2. The van der Waals surface area contributed by atoms with Crippen LogP contribution in [0, 0.1) is 0 Å². The van der Waals surface area contributed by atoms with E-state index >= 15 is 0 Å². The van der Waals surface area contributed by atoms with Crippen molar-refractivity contribution in [3.63, 3.8) is 0 Å². The Bertz CT molecular complexity index is 1100. The topological polar surface area (TPSA) is 111 Å². The Labute approximate surface area is 208 Å². The van der Waals surface area contributed by atoms with Crippen LogP contribution in [0.5, 0.6) is 0 Å². The zero-order valence-corrected chi connectivity index (χ0v) is 20.9. The summed E-state index contributed by atoms with van der Waals surface area (Å²) in [5.41, 5.74) is 2.27. The van der Waals surface area contributed by atoms with Crippen LogP contribution in [0.25, 0.3) is 0 Å². The first-order chi connectivity index (χ1) is 16.8. The first-order valence-corrected chi connectivity index (χ1v) is 10.8. The molecule has 1 atom stereocenters. The minimum Gasteiger partial charge on any atom is -0.444 e. The van der Waals surface area contributed by atoms with Gasteiger partial charge >= 0.3 is 5.97 Å². The van der Waals surface area contributed by atoms with E-state index in [1.54, 1.807) is 55.5 Å². The molecule has 0 aromatic heterocycles. The first kappa shape index (κ1) is 27.3. The van der Waals surface area contributed by atoms with E-state index in [2.05, 4.69) is 15.5 Å². The molecular formula is C24H27ClN4O6. The molecule has 0 spiro atoms. The van der Waals surface area contributed by atoms with Crippen LogP contribution in [0.4, 0.5) is 0 Å². The van der Waals surface area contributed by atoms with Crippen LogP contribution < -0.4 is 0 Å². The van der Waals surface area contributed by atoms with Gasteiger partial charge in [-0.15, -0.1) is 0 Å². The third kappa shape index (κ3) is 8.11. The normalized spacial score (nSPS) is 12.7. The number of esters is 1. The Morgan fingerprint density at radius 1 is 1.06 bits per heavy atom. The lowest BCUT2D eigenvalue weighted by Crippen LogP contribution is -2.36. The van der Waals surface area contributed by atoms with Crippen molar-refractivity contribution in [3.8, 4) is 0 Å². The molecule has 0 saturated carbocycles. The molecule has 0 aliphatic rings. The fraction of sp³-hybridized carbons (Fsp3) is 0.292. The van der Waals surface area contributed by atoms with Crippen molar-refractivity contribution in [1.82, 2.24) is 4.90 Å². The second-order valence-electron chi connectivity index (χ2n) is 7.13. The average molecular weight is 503 g/mol. The number of nitrogens with zero attached hydrogens (tertiary/aromatic N) is 4. The molecule has 11 heteroatoms. The SMILES string of the molecule is CON=C(C=NOC(C)c1ccccc1C(=NOC)C(=O)N(C)COC(C)=O)c1ccc(Cl)cc1. The number of rotatable bonds is 11. The predicted molar refractivity (Wildman–Crippen MR) is 132 cm³/mol. The Hall–Kier alpha value is -3.92. The predicted octanol–water partition coefficient (Wildman–Crippen LogP) is 3.78. The number of likely N-dealkylation sites (N-methyl/N-ethyl adjacent to an activating group) is 1. The average Bonchev–Trinajstić information content (AvgIpc) is 2.85. The van der Waals surface area contributed by atoms with Crippen molar-refractivity contribution < 1.29 is 28.8 Å². The summed E-state index contributed by atoms with van der Waals surface area (Å²) in [4.78, 5) is 40.8. The molecule has 0 heterocycles. The van der Waals surface area contributed by atoms with Crippen molar-refractivity contribution in [1.29, 1.82) is 0 Å². The summed E-state index contributed by atoms with van der Waals surface area (Å²) in [5.74, 6) is -1.02. The summed E-state index contributed by atoms with van der Waals surface area (Å²) in [6, 6.07) is 14.0. The lowest BCUT2D eigenvalue weighted by Gasteiger charge is -2.20. The van der Waals surface area contributed by atoms with Crippen molar-refractivity contribution in [2.75, 3.05) is 28.0 Å². The van der Waals surface area contributed by atoms with Crippen molar-refractivity contribution >= 4 is 41.1 Å². The van der Waals surface area contributed by atoms with Gasteiger partial charge in [-0.1, -0.05) is 63.5 Å². The smallest absolute Gasteiger partial charge is 0.304 e. The van der Waals surface area contributed by atoms with Gasteiger partial charge < -0.3 is 24.1 Å². The summed E-state index contributed by atoms with van der Waals surface area (Å²) in [7, 11) is 4.24. The Balaban J connectivity index is 2.26. The largest absolute Gasteiger partial charge is 0.444 e. The Morgan fingerprint density at radius 3 is 2.34 bits per heavy atom. The van der Waals surface area contributed by atoms with E-state index in [9.17, 15) is 9.59 Å². The molecule has 0 radical (unpaired) electrons. The monoisotopic (exact) mass is 502 g/mol. The molecule has 0 saturated heterocycles. The van der Waals surface area contributed by atoms with Crippen molar-refractivity contribution in [3.05, 3.63) is 70.2 Å². The van der Waals surface area contributed by atoms with Gasteiger partial charge in [0.15, 0.2) is 12.4 Å². The molecule has 1 unspecified atom stereocenters. The highest BCUT2D eigenvalue weighted by molar-refractivity contribution is 6.45. The fourth-order valence-electron chi connectivity index (χ4n) is 2.89. The van der Waals surface area contributed by atoms with Gasteiger partial charge in [-0.2, -0.15) is 0 Å². The van der Waals surface area contributed by atoms with Gasteiger partial charge in [-0.05, 0) is 19.1 Å². The van der Waals surface area contributed by atoms with E-state index in [1.165, 1.54) is 39.3 Å². The van der Waals surface area contributed by atoms with Gasteiger partial charge in [0.1, 0.15) is 26.0 Å². The molecule has 0 fully saturated rings. The van der Waals surface area contributed by atoms with Crippen LogP contribution in [0.15, 0.2) is 64.0 Å². The maximum atomic E-state index is 13.0. The van der Waals surface area contributed by atoms with E-state index in [4.69, 9.17) is 30.9 Å². The lowest BCUT2D eigenvalue weighted by molar-refractivity contribution is -0.147. The molecule has 2 rings (SSSR count). The molecular weight excluding hydrogens is 476 g/mol. The maximum absolute atomic E-state index is 13.0. The molecule has 2 aromatic carbocycles. The second-order valence-corrected chi connectivity index (χ2v) is 7.56. The van der Waals surface area contributed by atoms with E-state index in [0.717, 1.165) is 5.56 Å². The highest BCUT2D eigenvalue weighted by atomic mass is 35.5. The van der Waals surface area contributed by atoms with Gasteiger partial charge in [0.2, 0.25) is 0 Å². The summed E-state index contributed by atoms with van der Waals surface area (Å²) in [5, 5.41) is 12.5. The minimum absolute atomic E-state index is 0.0139. The Morgan fingerprint density at radius 2 is 1.71 bits per heavy atom. The molecule has 2 aromatic rings. The van der Waals surface area contributed by atoms with Crippen LogP contribution in [0.1, 0.15) is 36.6 Å². The number of hydrogen-bond donors (Lipinski definition) is 0. The van der Waals surface area contributed by atoms with E-state index in [0.29, 0.717) is 21.9 Å². The van der Waals surface area contributed by atoms with E-state index in [-0.39, 0.29) is 12.4 Å². The molecule has 35 heavy (non-hydrogen) atoms. The number of oxime groups is 3. The minimum atomic E-state index is -0.579. The van der Waals surface area contributed by atoms with Gasteiger partial charge in [0.05, 0.1) is 6.21 Å². The lowest BCUT2D eigenvalue weighted by atomic mass is 9.98. The van der Waals surface area contributed by atoms with Gasteiger partial charge in [-0.3, -0.25) is 9.59 Å². The number of amides is 1. The molecule has 0 aliphatic carbocycles. The van der Waals surface area contributed by atoms with Crippen LogP contribution in [0.2, 0.25) is 5.02 Å². The molecule has 10 nitrogen and oxygen atoms in total. The van der Waals surface area contributed by atoms with Crippen molar-refractivity contribution in [2.24, 2.45) is 15.5 Å². The summed E-state index contributed by atoms with van der Waals surface area (Å²) >= 11 is 5.95. The quantitative estimate of drug-likeness (QED) is 0.200. The highest BCUT2D eigenvalue weighted by Gasteiger charge is 2.25. The molecule has 0 N–H and O–H groups in total. The van der Waals surface area contributed by atoms with Gasteiger partial charge in [-0.25, -0.2) is 0 Å². The van der Waals surface area contributed by atoms with E-state index < -0.39 is 18.0 Å². The van der Waals surface area contributed by atoms with Crippen LogP contribution in [-0.4, -0.2) is 62.4 Å². The number of halogens is 1. The van der Waals surface area contributed by atoms with Gasteiger partial charge in [0, 0.05) is 35.7 Å². The first-order valence-electron chi connectivity index (χ1n) is 10.4. The molecule has 186 valence electrons. The Kier molecular flexibility index (Phi) is 10.7. The summed E-state index contributed by atoms with van der Waals surface area (Å²) in [6.45, 7) is 2.79. The van der Waals surface area contributed by atoms with Crippen molar-refractivity contribution in [2.45, 2.75) is 20.0 Å². The number of carbonyl (C=O) groups excluding carboxylic acids is 2. The zero-order chi connectivity index (χ0) is 25.8.